The molecule has 7 nitrogen and oxygen atoms in total. The number of rotatable bonds is 7. The molecule has 1 aliphatic rings. The van der Waals surface area contributed by atoms with E-state index in [1.165, 1.54) is 14.0 Å². The molecule has 1 atom stereocenters. The molecule has 0 saturated heterocycles. The zero-order valence-electron chi connectivity index (χ0n) is 17.4. The van der Waals surface area contributed by atoms with Crippen molar-refractivity contribution in [1.82, 2.24) is 0 Å². The molecule has 0 N–H and O–H groups in total. The number of carbonyl (C=O) groups excluding carboxylic acids is 3. The van der Waals surface area contributed by atoms with E-state index in [1.807, 2.05) is 13.0 Å². The minimum atomic E-state index is -1.03. The molecule has 7 heteroatoms. The van der Waals surface area contributed by atoms with E-state index in [0.29, 0.717) is 35.7 Å². The van der Waals surface area contributed by atoms with E-state index < -0.39 is 17.5 Å². The first-order valence-electron chi connectivity index (χ1n) is 9.63. The molecular formula is C23H24O7. The van der Waals surface area contributed by atoms with Crippen molar-refractivity contribution in [3.8, 4) is 17.2 Å². The summed E-state index contributed by atoms with van der Waals surface area (Å²) >= 11 is 0. The van der Waals surface area contributed by atoms with Gasteiger partial charge in [-0.05, 0) is 48.7 Å². The standard InChI is InChI=1S/C23H24O7/c1-5-23(12-17-6-8-18(29-15(3)24)11-20(17)30-23)22(26)16-7-9-19(14(2)10-16)28-13-21(25)27-4/h6-11H,5,12-13H2,1-4H3. The predicted octanol–water partition coefficient (Wildman–Crippen LogP) is 3.44. The fourth-order valence-corrected chi connectivity index (χ4v) is 3.46. The Balaban J connectivity index is 1.81. The van der Waals surface area contributed by atoms with E-state index >= 15 is 0 Å². The summed E-state index contributed by atoms with van der Waals surface area (Å²) in [7, 11) is 1.29. The van der Waals surface area contributed by atoms with Crippen LogP contribution in [0.5, 0.6) is 17.2 Å². The SMILES string of the molecule is CCC1(C(=O)c2ccc(OCC(=O)OC)c(C)c2)Cc2ccc(OC(C)=O)cc2O1. The molecule has 0 aromatic heterocycles. The average Bonchev–Trinajstić information content (AvgIpc) is 3.10. The van der Waals surface area contributed by atoms with Crippen LogP contribution in [-0.2, 0) is 20.7 Å². The molecule has 0 spiro atoms. The third kappa shape index (κ3) is 4.30. The van der Waals surface area contributed by atoms with Crippen LogP contribution < -0.4 is 14.2 Å². The summed E-state index contributed by atoms with van der Waals surface area (Å²) in [5.74, 6) is 0.379. The summed E-state index contributed by atoms with van der Waals surface area (Å²) in [5.41, 5.74) is 1.07. The number of Topliss-reactive ketones (excluding diaryl/α,β-unsaturated/α-hetero) is 1. The topological polar surface area (TPSA) is 88.1 Å². The second-order valence-electron chi connectivity index (χ2n) is 7.16. The molecule has 158 valence electrons. The second kappa shape index (κ2) is 8.57. The van der Waals surface area contributed by atoms with Crippen LogP contribution >= 0.6 is 0 Å². The lowest BCUT2D eigenvalue weighted by Crippen LogP contribution is -2.42. The summed E-state index contributed by atoms with van der Waals surface area (Å²) in [6.45, 7) is 4.83. The van der Waals surface area contributed by atoms with Gasteiger partial charge in [-0.3, -0.25) is 9.59 Å². The van der Waals surface area contributed by atoms with Crippen LogP contribution in [0.3, 0.4) is 0 Å². The number of aryl methyl sites for hydroxylation is 1. The van der Waals surface area contributed by atoms with Crippen LogP contribution in [0.1, 0.15) is 41.8 Å². The normalized spacial score (nSPS) is 16.9. The minimum absolute atomic E-state index is 0.141. The van der Waals surface area contributed by atoms with Gasteiger partial charge in [-0.2, -0.15) is 0 Å². The van der Waals surface area contributed by atoms with Crippen molar-refractivity contribution in [1.29, 1.82) is 0 Å². The van der Waals surface area contributed by atoms with Gasteiger partial charge >= 0.3 is 11.9 Å². The van der Waals surface area contributed by atoms with Gasteiger partial charge in [0.15, 0.2) is 12.2 Å². The molecule has 0 amide bonds. The highest BCUT2D eigenvalue weighted by Gasteiger charge is 2.45. The lowest BCUT2D eigenvalue weighted by molar-refractivity contribution is -0.143. The number of fused-ring (bicyclic) bond motifs is 1. The van der Waals surface area contributed by atoms with Crippen LogP contribution in [0.2, 0.25) is 0 Å². The summed E-state index contributed by atoms with van der Waals surface area (Å²) < 4.78 is 21.2. The van der Waals surface area contributed by atoms with Gasteiger partial charge in [0, 0.05) is 25.0 Å². The highest BCUT2D eigenvalue weighted by Crippen LogP contribution is 2.41. The molecule has 0 saturated carbocycles. The smallest absolute Gasteiger partial charge is 0.343 e. The van der Waals surface area contributed by atoms with Crippen molar-refractivity contribution in [3.63, 3.8) is 0 Å². The molecule has 0 aliphatic carbocycles. The largest absolute Gasteiger partial charge is 0.482 e. The summed E-state index contributed by atoms with van der Waals surface area (Å²) in [5, 5.41) is 0. The van der Waals surface area contributed by atoms with Crippen LogP contribution in [0.25, 0.3) is 0 Å². The number of esters is 2. The molecule has 1 heterocycles. The second-order valence-corrected chi connectivity index (χ2v) is 7.16. The Labute approximate surface area is 174 Å². The predicted molar refractivity (Wildman–Crippen MR) is 108 cm³/mol. The first-order valence-corrected chi connectivity index (χ1v) is 9.63. The molecular weight excluding hydrogens is 388 g/mol. The van der Waals surface area contributed by atoms with E-state index in [2.05, 4.69) is 4.74 Å². The Hall–Kier alpha value is -3.35. The molecule has 30 heavy (non-hydrogen) atoms. The maximum Gasteiger partial charge on any atom is 0.343 e. The average molecular weight is 412 g/mol. The van der Waals surface area contributed by atoms with Gasteiger partial charge in [-0.15, -0.1) is 0 Å². The molecule has 2 aromatic carbocycles. The Morgan fingerprint density at radius 2 is 1.90 bits per heavy atom. The van der Waals surface area contributed by atoms with Crippen molar-refractivity contribution in [3.05, 3.63) is 53.1 Å². The summed E-state index contributed by atoms with van der Waals surface area (Å²) in [6.07, 6.45) is 0.903. The number of carbonyl (C=O) groups is 3. The molecule has 1 aliphatic heterocycles. The molecule has 0 fully saturated rings. The zero-order chi connectivity index (χ0) is 21.9. The number of hydrogen-bond donors (Lipinski definition) is 0. The lowest BCUT2D eigenvalue weighted by atomic mass is 9.86. The van der Waals surface area contributed by atoms with E-state index in [0.717, 1.165) is 11.1 Å². The van der Waals surface area contributed by atoms with Crippen LogP contribution in [0.4, 0.5) is 0 Å². The van der Waals surface area contributed by atoms with Crippen molar-refractivity contribution >= 4 is 17.7 Å². The van der Waals surface area contributed by atoms with Crippen molar-refractivity contribution in [2.45, 2.75) is 39.2 Å². The Bertz CT molecular complexity index is 995. The number of hydrogen-bond acceptors (Lipinski definition) is 7. The van der Waals surface area contributed by atoms with Crippen LogP contribution in [-0.4, -0.2) is 37.0 Å². The van der Waals surface area contributed by atoms with Gasteiger partial charge in [-0.25, -0.2) is 4.79 Å². The quantitative estimate of drug-likeness (QED) is 0.391. The van der Waals surface area contributed by atoms with Crippen molar-refractivity contribution in [2.75, 3.05) is 13.7 Å². The van der Waals surface area contributed by atoms with Crippen molar-refractivity contribution < 1.29 is 33.3 Å². The van der Waals surface area contributed by atoms with Crippen molar-refractivity contribution in [2.24, 2.45) is 0 Å². The van der Waals surface area contributed by atoms with Gasteiger partial charge < -0.3 is 18.9 Å². The highest BCUT2D eigenvalue weighted by atomic mass is 16.6. The summed E-state index contributed by atoms with van der Waals surface area (Å²) in [6, 6.07) is 10.2. The fourth-order valence-electron chi connectivity index (χ4n) is 3.46. The van der Waals surface area contributed by atoms with Gasteiger partial charge in [-0.1, -0.05) is 13.0 Å². The number of benzene rings is 2. The van der Waals surface area contributed by atoms with Gasteiger partial charge in [0.05, 0.1) is 7.11 Å². The first kappa shape index (κ1) is 21.4. The van der Waals surface area contributed by atoms with E-state index in [4.69, 9.17) is 14.2 Å². The van der Waals surface area contributed by atoms with Gasteiger partial charge in [0.2, 0.25) is 5.78 Å². The van der Waals surface area contributed by atoms with Crippen LogP contribution in [0.15, 0.2) is 36.4 Å². The Kier molecular flexibility index (Phi) is 6.10. The Morgan fingerprint density at radius 3 is 2.53 bits per heavy atom. The maximum atomic E-state index is 13.4. The third-order valence-corrected chi connectivity index (χ3v) is 5.08. The molecule has 1 unspecified atom stereocenters. The van der Waals surface area contributed by atoms with Gasteiger partial charge in [0.25, 0.3) is 0 Å². The van der Waals surface area contributed by atoms with E-state index in [-0.39, 0.29) is 12.4 Å². The molecule has 2 aromatic rings. The highest BCUT2D eigenvalue weighted by molar-refractivity contribution is 6.03. The number of methoxy groups -OCH3 is 1. The minimum Gasteiger partial charge on any atom is -0.482 e. The third-order valence-electron chi connectivity index (χ3n) is 5.08. The zero-order valence-corrected chi connectivity index (χ0v) is 17.4. The lowest BCUT2D eigenvalue weighted by Gasteiger charge is -2.26. The molecule has 3 rings (SSSR count). The number of ketones is 1. The fraction of sp³-hybridized carbons (Fsp3) is 0.348. The molecule has 0 bridgehead atoms. The van der Waals surface area contributed by atoms with E-state index in [9.17, 15) is 14.4 Å². The first-order chi connectivity index (χ1) is 14.3. The monoisotopic (exact) mass is 412 g/mol. The van der Waals surface area contributed by atoms with Crippen LogP contribution in [0, 0.1) is 6.92 Å². The molecule has 0 radical (unpaired) electrons. The Morgan fingerprint density at radius 1 is 1.13 bits per heavy atom. The van der Waals surface area contributed by atoms with E-state index in [1.54, 1.807) is 37.3 Å². The summed E-state index contributed by atoms with van der Waals surface area (Å²) in [4.78, 5) is 35.9. The van der Waals surface area contributed by atoms with Gasteiger partial charge in [0.1, 0.15) is 17.2 Å². The number of ether oxygens (including phenoxy) is 4. The maximum absolute atomic E-state index is 13.4.